The Hall–Kier alpha value is -1.00. The fraction of sp³-hybridized carbons (Fsp3) is 0.500. The van der Waals surface area contributed by atoms with Gasteiger partial charge in [-0.25, -0.2) is 0 Å². The maximum atomic E-state index is 11.8. The van der Waals surface area contributed by atoms with Crippen molar-refractivity contribution in [2.24, 2.45) is 0 Å². The Morgan fingerprint density at radius 1 is 1.33 bits per heavy atom. The van der Waals surface area contributed by atoms with E-state index >= 15 is 0 Å². The molecular formula is C14H22N2OS. The normalized spacial score (nSPS) is 12.6. The van der Waals surface area contributed by atoms with E-state index in [2.05, 4.69) is 38.1 Å². The molecule has 0 saturated heterocycles. The van der Waals surface area contributed by atoms with Crippen molar-refractivity contribution in [1.82, 2.24) is 9.80 Å². The number of hydrogen-bond donors (Lipinski definition) is 0. The average molecular weight is 266 g/mol. The molecule has 1 aromatic rings. The van der Waals surface area contributed by atoms with Crippen LogP contribution in [0, 0.1) is 0 Å². The molecule has 0 radical (unpaired) electrons. The molecule has 0 aliphatic carbocycles. The van der Waals surface area contributed by atoms with Crippen LogP contribution in [0.25, 0.3) is 0 Å². The Morgan fingerprint density at radius 3 is 2.56 bits per heavy atom. The third-order valence-electron chi connectivity index (χ3n) is 3.11. The largest absolute Gasteiger partial charge is 0.337 e. The molecule has 0 spiro atoms. The smallest absolute Gasteiger partial charge is 0.286 e. The second kappa shape index (κ2) is 6.81. The molecule has 18 heavy (non-hydrogen) atoms. The van der Waals surface area contributed by atoms with E-state index in [1.807, 2.05) is 26.1 Å². The van der Waals surface area contributed by atoms with Gasteiger partial charge in [0.25, 0.3) is 5.24 Å². The summed E-state index contributed by atoms with van der Waals surface area (Å²) in [5.74, 6) is 0. The summed E-state index contributed by atoms with van der Waals surface area (Å²) in [6, 6.07) is 8.54. The molecule has 0 heterocycles. The van der Waals surface area contributed by atoms with E-state index in [4.69, 9.17) is 0 Å². The zero-order chi connectivity index (χ0) is 13.7. The van der Waals surface area contributed by atoms with E-state index in [-0.39, 0.29) is 5.24 Å². The van der Waals surface area contributed by atoms with Crippen molar-refractivity contribution >= 4 is 17.0 Å². The molecule has 1 unspecified atom stereocenters. The zero-order valence-electron chi connectivity index (χ0n) is 11.8. The van der Waals surface area contributed by atoms with Crippen LogP contribution in [-0.4, -0.2) is 42.7 Å². The summed E-state index contributed by atoms with van der Waals surface area (Å²) >= 11 is 1.29. The van der Waals surface area contributed by atoms with Gasteiger partial charge in [0.2, 0.25) is 0 Å². The van der Waals surface area contributed by atoms with Crippen LogP contribution in [0.5, 0.6) is 0 Å². The number of amides is 1. The number of carbonyl (C=O) groups excluding carboxylic acids is 1. The lowest BCUT2D eigenvalue weighted by Gasteiger charge is -2.20. The molecule has 0 aliphatic heterocycles. The van der Waals surface area contributed by atoms with Crippen LogP contribution in [0.1, 0.15) is 25.5 Å². The van der Waals surface area contributed by atoms with Gasteiger partial charge in [-0.2, -0.15) is 0 Å². The fourth-order valence-corrected chi connectivity index (χ4v) is 2.27. The summed E-state index contributed by atoms with van der Waals surface area (Å²) < 4.78 is 0. The van der Waals surface area contributed by atoms with Crippen molar-refractivity contribution in [2.75, 3.05) is 27.7 Å². The molecular weight excluding hydrogens is 244 g/mol. The molecule has 0 aromatic heterocycles. The molecule has 3 nitrogen and oxygen atoms in total. The monoisotopic (exact) mass is 266 g/mol. The lowest BCUT2D eigenvalue weighted by Crippen LogP contribution is -2.21. The van der Waals surface area contributed by atoms with Gasteiger partial charge in [0.1, 0.15) is 0 Å². The molecule has 0 fully saturated rings. The van der Waals surface area contributed by atoms with E-state index in [1.54, 1.807) is 4.90 Å². The highest BCUT2D eigenvalue weighted by molar-refractivity contribution is 8.13. The van der Waals surface area contributed by atoms with Crippen molar-refractivity contribution < 1.29 is 4.79 Å². The average Bonchev–Trinajstić information content (AvgIpc) is 2.36. The third-order valence-corrected chi connectivity index (χ3v) is 4.08. The van der Waals surface area contributed by atoms with Crippen LogP contribution >= 0.6 is 11.8 Å². The highest BCUT2D eigenvalue weighted by Gasteiger charge is 2.12. The molecule has 1 atom stereocenters. The summed E-state index contributed by atoms with van der Waals surface area (Å²) in [5, 5.41) is 0.0900. The summed E-state index contributed by atoms with van der Waals surface area (Å²) in [4.78, 5) is 16.7. The molecule has 1 aromatic carbocycles. The van der Waals surface area contributed by atoms with Gasteiger partial charge in [-0.05, 0) is 57.4 Å². The topological polar surface area (TPSA) is 23.6 Å². The lowest BCUT2D eigenvalue weighted by molar-refractivity contribution is 0.235. The van der Waals surface area contributed by atoms with Crippen LogP contribution in [0.4, 0.5) is 4.79 Å². The van der Waals surface area contributed by atoms with Crippen LogP contribution in [0.2, 0.25) is 0 Å². The second-order valence-corrected chi connectivity index (χ2v) is 5.62. The zero-order valence-corrected chi connectivity index (χ0v) is 12.6. The minimum absolute atomic E-state index is 0.0900. The fourth-order valence-electron chi connectivity index (χ4n) is 1.44. The predicted octanol–water partition coefficient (Wildman–Crippen LogP) is 3.47. The number of hydrogen-bond acceptors (Lipinski definition) is 3. The van der Waals surface area contributed by atoms with E-state index in [0.29, 0.717) is 6.04 Å². The van der Waals surface area contributed by atoms with Crippen molar-refractivity contribution in [3.8, 4) is 0 Å². The first-order valence-electron chi connectivity index (χ1n) is 6.15. The Bertz CT molecular complexity index is 407. The van der Waals surface area contributed by atoms with E-state index in [9.17, 15) is 4.79 Å². The predicted molar refractivity (Wildman–Crippen MR) is 78.1 cm³/mol. The van der Waals surface area contributed by atoms with Gasteiger partial charge < -0.3 is 9.80 Å². The van der Waals surface area contributed by atoms with Crippen LogP contribution in [-0.2, 0) is 0 Å². The van der Waals surface area contributed by atoms with E-state index in [1.165, 1.54) is 17.3 Å². The minimum atomic E-state index is 0.0900. The van der Waals surface area contributed by atoms with Crippen molar-refractivity contribution in [3.05, 3.63) is 29.8 Å². The minimum Gasteiger partial charge on any atom is -0.337 e. The van der Waals surface area contributed by atoms with Crippen molar-refractivity contribution in [2.45, 2.75) is 24.8 Å². The van der Waals surface area contributed by atoms with Gasteiger partial charge >= 0.3 is 0 Å². The number of benzene rings is 1. The summed E-state index contributed by atoms with van der Waals surface area (Å²) in [6.07, 6.45) is 0. The molecule has 1 rings (SSSR count). The molecule has 0 aliphatic rings. The standard InChI is InChI=1S/C14H22N2OS/c1-6-16(5)14(17)18-13-9-7-8-12(10-13)11(2)15(3)4/h7-11H,6H2,1-5H3. The van der Waals surface area contributed by atoms with Gasteiger partial charge in [0.05, 0.1) is 0 Å². The lowest BCUT2D eigenvalue weighted by atomic mass is 10.1. The van der Waals surface area contributed by atoms with E-state index in [0.717, 1.165) is 11.4 Å². The Kier molecular flexibility index (Phi) is 5.69. The SMILES string of the molecule is CCN(C)C(=O)Sc1cccc(C(C)N(C)C)c1. The number of carbonyl (C=O) groups is 1. The van der Waals surface area contributed by atoms with Crippen molar-refractivity contribution in [3.63, 3.8) is 0 Å². The molecule has 100 valence electrons. The van der Waals surface area contributed by atoms with Gasteiger partial charge in [0.15, 0.2) is 0 Å². The van der Waals surface area contributed by atoms with E-state index < -0.39 is 0 Å². The van der Waals surface area contributed by atoms with Crippen LogP contribution < -0.4 is 0 Å². The quantitative estimate of drug-likeness (QED) is 0.780. The Balaban J connectivity index is 2.80. The highest BCUT2D eigenvalue weighted by Crippen LogP contribution is 2.25. The van der Waals surface area contributed by atoms with Crippen molar-refractivity contribution in [1.29, 1.82) is 0 Å². The maximum Gasteiger partial charge on any atom is 0.286 e. The Labute approximate surface area is 114 Å². The molecule has 0 saturated carbocycles. The number of rotatable bonds is 4. The first-order chi connectivity index (χ1) is 8.45. The number of nitrogens with zero attached hydrogens (tertiary/aromatic N) is 2. The van der Waals surface area contributed by atoms with Crippen LogP contribution in [0.3, 0.4) is 0 Å². The van der Waals surface area contributed by atoms with Crippen LogP contribution in [0.15, 0.2) is 29.2 Å². The first-order valence-corrected chi connectivity index (χ1v) is 6.96. The van der Waals surface area contributed by atoms with Gasteiger partial charge in [0, 0.05) is 24.5 Å². The second-order valence-electron chi connectivity index (χ2n) is 4.59. The number of thioether (sulfide) groups is 1. The summed E-state index contributed by atoms with van der Waals surface area (Å²) in [5.41, 5.74) is 1.23. The van der Waals surface area contributed by atoms with Gasteiger partial charge in [-0.3, -0.25) is 4.79 Å². The van der Waals surface area contributed by atoms with Gasteiger partial charge in [-0.1, -0.05) is 12.1 Å². The summed E-state index contributed by atoms with van der Waals surface area (Å²) in [7, 11) is 5.93. The molecule has 4 heteroatoms. The highest BCUT2D eigenvalue weighted by atomic mass is 32.2. The molecule has 0 N–H and O–H groups in total. The molecule has 1 amide bonds. The maximum absolute atomic E-state index is 11.8. The summed E-state index contributed by atoms with van der Waals surface area (Å²) in [6.45, 7) is 4.87. The Morgan fingerprint density at radius 2 is 2.00 bits per heavy atom. The third kappa shape index (κ3) is 4.03. The molecule has 0 bridgehead atoms. The first kappa shape index (κ1) is 15.1. The van der Waals surface area contributed by atoms with Gasteiger partial charge in [-0.15, -0.1) is 0 Å².